The Labute approximate surface area is 304 Å². The second-order valence-electron chi connectivity index (χ2n) is 12.5. The number of hydrogen-bond acceptors (Lipinski definition) is 5. The van der Waals surface area contributed by atoms with E-state index in [1.54, 1.807) is 12.1 Å². The number of carbonyl (C=O) groups excluding carboxylic acids is 1. The molecule has 0 aliphatic rings. The van der Waals surface area contributed by atoms with Crippen molar-refractivity contribution < 1.29 is 87.1 Å². The zero-order valence-electron chi connectivity index (χ0n) is 28.4. The number of ether oxygens (including phenoxy) is 1. The van der Waals surface area contributed by atoms with Gasteiger partial charge in [-0.2, -0.15) is 13.2 Å². The Morgan fingerprint density at radius 1 is 0.791 bits per heavy atom. The fourth-order valence-corrected chi connectivity index (χ4v) is 4.33. The summed E-state index contributed by atoms with van der Waals surface area (Å²) in [6, 6.07) is 5.78. The average Bonchev–Trinajstić information content (AvgIpc) is 2.85. The van der Waals surface area contributed by atoms with Crippen LogP contribution < -0.4 is 51.4 Å². The van der Waals surface area contributed by atoms with Crippen molar-refractivity contribution in [3.05, 3.63) is 35.4 Å². The summed E-state index contributed by atoms with van der Waals surface area (Å²) >= 11 is 0. The Morgan fingerprint density at radius 3 is 1.58 bits per heavy atom. The van der Waals surface area contributed by atoms with Gasteiger partial charge in [0.05, 0.1) is 21.4 Å². The normalized spacial score (nSPS) is 12.2. The van der Waals surface area contributed by atoms with Crippen molar-refractivity contribution in [3.8, 4) is 0 Å². The molecule has 43 heavy (non-hydrogen) atoms. The van der Waals surface area contributed by atoms with Crippen LogP contribution in [-0.2, 0) is 21.3 Å². The molecule has 0 heterocycles. The molecule has 0 aromatic heterocycles. The van der Waals surface area contributed by atoms with Crippen LogP contribution in [0.3, 0.4) is 0 Å². The Balaban J connectivity index is -0.000000715. The molecule has 1 aromatic rings. The average molecular weight is 663 g/mol. The van der Waals surface area contributed by atoms with Gasteiger partial charge in [0.25, 0.3) is 0 Å². The first-order chi connectivity index (χ1) is 19.4. The summed E-state index contributed by atoms with van der Waals surface area (Å²) < 4.78 is 73.8. The van der Waals surface area contributed by atoms with Crippen molar-refractivity contribution in [1.82, 2.24) is 0 Å². The molecule has 0 aliphatic heterocycles. The van der Waals surface area contributed by atoms with Crippen molar-refractivity contribution in [2.45, 2.75) is 145 Å². The van der Waals surface area contributed by atoms with Gasteiger partial charge in [0.15, 0.2) is 0 Å². The van der Waals surface area contributed by atoms with E-state index >= 15 is 0 Å². The molecule has 10 heteroatoms. The van der Waals surface area contributed by atoms with Gasteiger partial charge in [0.2, 0.25) is 6.10 Å². The maximum absolute atomic E-state index is 12.7. The van der Waals surface area contributed by atoms with Gasteiger partial charge in [-0.05, 0) is 48.3 Å². The van der Waals surface area contributed by atoms with E-state index in [0.717, 1.165) is 30.2 Å². The molecule has 1 atom stereocenters. The van der Waals surface area contributed by atoms with Gasteiger partial charge in [-0.1, -0.05) is 132 Å². The van der Waals surface area contributed by atoms with Crippen LogP contribution in [0.15, 0.2) is 24.3 Å². The predicted molar refractivity (Wildman–Crippen MR) is 167 cm³/mol. The van der Waals surface area contributed by atoms with Crippen LogP contribution in [0.1, 0.15) is 142 Å². The number of esters is 1. The number of halogens is 3. The van der Waals surface area contributed by atoms with E-state index in [1.807, 2.05) is 13.8 Å². The van der Waals surface area contributed by atoms with Gasteiger partial charge in [0, 0.05) is 0 Å². The van der Waals surface area contributed by atoms with Gasteiger partial charge >= 0.3 is 63.5 Å². The summed E-state index contributed by atoms with van der Waals surface area (Å²) in [5.41, 5.74) is 0.760. The third kappa shape index (κ3) is 33.2. The third-order valence-corrected chi connectivity index (χ3v) is 6.77. The quantitative estimate of drug-likeness (QED) is 0.0767. The molecule has 0 fully saturated rings. The summed E-state index contributed by atoms with van der Waals surface area (Å²) in [6.07, 6.45) is 8.03. The molecule has 0 aliphatic carbocycles. The minimum absolute atomic E-state index is 0. The molecule has 1 aromatic carbocycles. The number of rotatable bonds is 17. The van der Waals surface area contributed by atoms with E-state index in [4.69, 9.17) is 0 Å². The molecule has 0 radical (unpaired) electrons. The number of carbonyl (C=O) groups is 1. The molecule has 0 N–H and O–H groups in total. The smallest absolute Gasteiger partial charge is 0.748 e. The van der Waals surface area contributed by atoms with Gasteiger partial charge in [-0.25, -0.2) is 13.2 Å². The van der Waals surface area contributed by atoms with Crippen LogP contribution in [0.25, 0.3) is 0 Å². The van der Waals surface area contributed by atoms with Crippen LogP contribution >= 0.6 is 0 Å². The van der Waals surface area contributed by atoms with Gasteiger partial charge in [-0.15, -0.1) is 0 Å². The van der Waals surface area contributed by atoms with Crippen molar-refractivity contribution >= 4 is 16.1 Å². The topological polar surface area (TPSA) is 83.5 Å². The molecule has 0 bridgehead atoms. The third-order valence-electron chi connectivity index (χ3n) is 6.05. The first kappa shape index (κ1) is 47.4. The fraction of sp³-hybridized carbons (Fsp3) is 0.788. The number of aryl methyl sites for hydroxylation is 1. The first-order valence-corrected chi connectivity index (χ1v) is 17.3. The van der Waals surface area contributed by atoms with E-state index in [1.165, 1.54) is 76.3 Å². The Morgan fingerprint density at radius 2 is 1.21 bits per heavy atom. The molecule has 1 rings (SSSR count). The molecule has 0 saturated carbocycles. The molecule has 0 spiro atoms. The van der Waals surface area contributed by atoms with E-state index in [2.05, 4.69) is 46.3 Å². The van der Waals surface area contributed by atoms with Crippen molar-refractivity contribution in [3.63, 3.8) is 0 Å². The minimum atomic E-state index is -5.20. The fourth-order valence-electron chi connectivity index (χ4n) is 3.70. The van der Waals surface area contributed by atoms with Crippen LogP contribution in [0.4, 0.5) is 13.2 Å². The number of benzene rings is 1. The predicted octanol–water partition coefficient (Wildman–Crippen LogP) is 7.14. The summed E-state index contributed by atoms with van der Waals surface area (Å²) in [4.78, 5) is 11.7. The second-order valence-corrected chi connectivity index (χ2v) is 14.0. The maximum atomic E-state index is 12.7. The second kappa shape index (κ2) is 27.2. The number of hydrogen-bond donors (Lipinski definition) is 0. The summed E-state index contributed by atoms with van der Waals surface area (Å²) in [6.45, 7) is 17.5. The van der Waals surface area contributed by atoms with Crippen molar-refractivity contribution in [2.75, 3.05) is 5.75 Å². The van der Waals surface area contributed by atoms with E-state index in [9.17, 15) is 30.9 Å². The number of unbranched alkanes of at least 4 members (excludes halogenated alkanes) is 8. The van der Waals surface area contributed by atoms with E-state index in [-0.39, 0.29) is 56.9 Å². The minimum Gasteiger partial charge on any atom is -0.748 e. The van der Waals surface area contributed by atoms with Gasteiger partial charge in [-0.3, -0.25) is 0 Å². The Kier molecular flexibility index (Phi) is 30.0. The Hall–Kier alpha value is 0.0264. The molecular formula is C33H58F3KO5S. The molecule has 248 valence electrons. The van der Waals surface area contributed by atoms with Crippen molar-refractivity contribution in [2.24, 2.45) is 17.8 Å². The number of alkyl halides is 3. The molecule has 0 saturated heterocycles. The van der Waals surface area contributed by atoms with Crippen molar-refractivity contribution in [1.29, 1.82) is 0 Å². The molecule has 5 nitrogen and oxygen atoms in total. The zero-order chi connectivity index (χ0) is 32.8. The first-order valence-electron chi connectivity index (χ1n) is 15.7. The van der Waals surface area contributed by atoms with E-state index in [0.29, 0.717) is 5.92 Å². The zero-order valence-corrected chi connectivity index (χ0v) is 32.3. The van der Waals surface area contributed by atoms with Crippen LogP contribution in [0.2, 0.25) is 0 Å². The molecular weight excluding hydrogens is 605 g/mol. The van der Waals surface area contributed by atoms with E-state index < -0.39 is 34.1 Å². The van der Waals surface area contributed by atoms with Crippen LogP contribution in [0, 0.1) is 17.8 Å². The van der Waals surface area contributed by atoms with Crippen LogP contribution in [-0.4, -0.2) is 37.0 Å². The van der Waals surface area contributed by atoms with Gasteiger partial charge < -0.3 is 9.29 Å². The summed E-state index contributed by atoms with van der Waals surface area (Å²) in [5, 5.41) is 0. The maximum Gasteiger partial charge on any atom is 1.00 e. The largest absolute Gasteiger partial charge is 1.00 e. The standard InChI is InChI=1S/C15H19F3O5S.C14H30.C4H10.K/c1-10(2)3-4-11-5-7-12(8-6-11)14(19)23-13(15(16,17)18)9-24(20,21)22;1-4-5-6-7-8-9-10-11-12-13-14(2)3;1-4(2)3;/h5-8,10,13H,3-4,9H2,1-2H3,(H,20,21,22);14H,4-13H2,1-3H3;4H,1-3H3;/q;;;+1/p-1. The SMILES string of the molecule is CC(C)C.CC(C)CCc1ccc(C(=O)OC(CS(=O)(=O)[O-])C(F)(F)F)cc1.CCCCCCCCCCCC(C)C.[K+]. The van der Waals surface area contributed by atoms with Gasteiger partial charge in [0.1, 0.15) is 0 Å². The monoisotopic (exact) mass is 662 g/mol. The van der Waals surface area contributed by atoms with Crippen LogP contribution in [0.5, 0.6) is 0 Å². The summed E-state index contributed by atoms with van der Waals surface area (Å²) in [5.74, 6) is -0.971. The Bertz CT molecular complexity index is 899. The molecule has 1 unspecified atom stereocenters. The molecule has 0 amide bonds. The summed E-state index contributed by atoms with van der Waals surface area (Å²) in [7, 11) is -5.20.